The highest BCUT2D eigenvalue weighted by molar-refractivity contribution is 7.17. The van der Waals surface area contributed by atoms with Crippen LogP contribution in [0.4, 0.5) is 5.00 Å². The first-order valence-electron chi connectivity index (χ1n) is 12.7. The molecule has 1 atom stereocenters. The van der Waals surface area contributed by atoms with Gasteiger partial charge in [-0.05, 0) is 99.5 Å². The van der Waals surface area contributed by atoms with Gasteiger partial charge in [-0.2, -0.15) is 0 Å². The summed E-state index contributed by atoms with van der Waals surface area (Å²) in [5.41, 5.74) is 2.86. The monoisotopic (exact) mass is 463 g/mol. The van der Waals surface area contributed by atoms with Crippen LogP contribution in [0.3, 0.4) is 0 Å². The van der Waals surface area contributed by atoms with Crippen molar-refractivity contribution in [2.45, 2.75) is 70.6 Å². The number of rotatable bonds is 5. The molecular formula is C28H33NO3S. The Labute approximate surface area is 200 Å². The highest BCUT2D eigenvalue weighted by Crippen LogP contribution is 2.60. The van der Waals surface area contributed by atoms with E-state index in [0.717, 1.165) is 66.8 Å². The average Bonchev–Trinajstić information content (AvgIpc) is 3.16. The van der Waals surface area contributed by atoms with Crippen LogP contribution in [0.2, 0.25) is 0 Å². The number of hydrogen-bond acceptors (Lipinski definition) is 4. The van der Waals surface area contributed by atoms with Crippen molar-refractivity contribution in [1.29, 1.82) is 0 Å². The van der Waals surface area contributed by atoms with E-state index in [9.17, 15) is 9.59 Å². The largest absolute Gasteiger partial charge is 0.462 e. The number of carbonyl (C=O) groups is 2. The molecule has 5 aliphatic carbocycles. The Hall–Kier alpha value is -2.14. The van der Waals surface area contributed by atoms with Crippen molar-refractivity contribution in [3.05, 3.63) is 51.9 Å². The summed E-state index contributed by atoms with van der Waals surface area (Å²) in [4.78, 5) is 28.0. The molecule has 4 bridgehead atoms. The molecule has 33 heavy (non-hydrogen) atoms. The molecule has 5 aliphatic rings. The van der Waals surface area contributed by atoms with E-state index in [1.807, 2.05) is 6.92 Å². The van der Waals surface area contributed by atoms with Gasteiger partial charge in [-0.25, -0.2) is 4.79 Å². The Morgan fingerprint density at radius 1 is 1.06 bits per heavy atom. The molecule has 0 radical (unpaired) electrons. The molecule has 0 spiro atoms. The Bertz CT molecular complexity index is 1040. The minimum atomic E-state index is -0.283. The molecule has 4 saturated carbocycles. The van der Waals surface area contributed by atoms with E-state index in [2.05, 4.69) is 35.6 Å². The summed E-state index contributed by atoms with van der Waals surface area (Å²) in [5.74, 6) is 2.48. The van der Waals surface area contributed by atoms with E-state index in [1.54, 1.807) is 11.3 Å². The van der Waals surface area contributed by atoms with E-state index in [0.29, 0.717) is 18.1 Å². The Morgan fingerprint density at radius 3 is 2.36 bits per heavy atom. The van der Waals surface area contributed by atoms with Gasteiger partial charge in [-0.15, -0.1) is 11.3 Å². The van der Waals surface area contributed by atoms with Crippen LogP contribution in [-0.4, -0.2) is 18.5 Å². The first-order valence-corrected chi connectivity index (χ1v) is 13.5. The normalized spacial score (nSPS) is 31.8. The molecule has 2 aromatic rings. The van der Waals surface area contributed by atoms with E-state index >= 15 is 0 Å². The summed E-state index contributed by atoms with van der Waals surface area (Å²) >= 11 is 1.61. The first-order chi connectivity index (χ1) is 16.0. The van der Waals surface area contributed by atoms with Crippen LogP contribution >= 0.6 is 11.3 Å². The second-order valence-electron chi connectivity index (χ2n) is 10.9. The van der Waals surface area contributed by atoms with Crippen molar-refractivity contribution in [2.75, 3.05) is 11.9 Å². The molecule has 1 unspecified atom stereocenters. The highest BCUT2D eigenvalue weighted by Gasteiger charge is 2.54. The number of benzene rings is 1. The van der Waals surface area contributed by atoms with E-state index in [-0.39, 0.29) is 17.3 Å². The molecule has 0 aliphatic heterocycles. The van der Waals surface area contributed by atoms with Crippen molar-refractivity contribution in [2.24, 2.45) is 23.2 Å². The van der Waals surface area contributed by atoms with Crippen LogP contribution in [0.25, 0.3) is 0 Å². The fourth-order valence-electron chi connectivity index (χ4n) is 7.73. The zero-order chi connectivity index (χ0) is 22.6. The van der Waals surface area contributed by atoms with Gasteiger partial charge in [0, 0.05) is 4.88 Å². The average molecular weight is 464 g/mol. The number of amides is 1. The number of carbonyl (C=O) groups excluding carboxylic acids is 2. The molecule has 1 amide bonds. The Morgan fingerprint density at radius 2 is 1.73 bits per heavy atom. The minimum Gasteiger partial charge on any atom is -0.462 e. The van der Waals surface area contributed by atoms with Gasteiger partial charge in [0.2, 0.25) is 5.91 Å². The van der Waals surface area contributed by atoms with Crippen LogP contribution in [0.15, 0.2) is 30.3 Å². The predicted molar refractivity (Wildman–Crippen MR) is 131 cm³/mol. The van der Waals surface area contributed by atoms with Crippen molar-refractivity contribution < 1.29 is 14.3 Å². The number of thiophene rings is 1. The van der Waals surface area contributed by atoms with E-state index in [4.69, 9.17) is 4.74 Å². The lowest BCUT2D eigenvalue weighted by Crippen LogP contribution is -2.51. The third kappa shape index (κ3) is 3.73. The molecule has 1 heterocycles. The van der Waals surface area contributed by atoms with Gasteiger partial charge in [-0.1, -0.05) is 30.3 Å². The van der Waals surface area contributed by atoms with Crippen molar-refractivity contribution in [3.63, 3.8) is 0 Å². The van der Waals surface area contributed by atoms with Gasteiger partial charge in [0.25, 0.3) is 0 Å². The van der Waals surface area contributed by atoms with Crippen LogP contribution < -0.4 is 5.32 Å². The van der Waals surface area contributed by atoms with Gasteiger partial charge in [0.1, 0.15) is 5.00 Å². The smallest absolute Gasteiger partial charge is 0.341 e. The lowest BCUT2D eigenvalue weighted by molar-refractivity contribution is -0.140. The summed E-state index contributed by atoms with van der Waals surface area (Å²) < 4.78 is 5.45. The molecular weight excluding hydrogens is 430 g/mol. The fraction of sp³-hybridized carbons (Fsp3) is 0.571. The predicted octanol–water partition coefficient (Wildman–Crippen LogP) is 6.35. The SMILES string of the molecule is CCOC(=O)c1c(NC(=O)C23CC4CC(CC(C4)C2)C3)sc2c1CCC(c1ccccc1)C2. The summed E-state index contributed by atoms with van der Waals surface area (Å²) in [7, 11) is 0. The zero-order valence-electron chi connectivity index (χ0n) is 19.4. The van der Waals surface area contributed by atoms with Gasteiger partial charge in [-0.3, -0.25) is 4.79 Å². The van der Waals surface area contributed by atoms with Gasteiger partial charge >= 0.3 is 5.97 Å². The summed E-state index contributed by atoms with van der Waals surface area (Å²) in [5, 5.41) is 4.03. The molecule has 4 fully saturated rings. The third-order valence-electron chi connectivity index (χ3n) is 8.76. The summed E-state index contributed by atoms with van der Waals surface area (Å²) in [6.45, 7) is 2.19. The third-order valence-corrected chi connectivity index (χ3v) is 9.93. The number of fused-ring (bicyclic) bond motifs is 1. The molecule has 0 saturated heterocycles. The standard InChI is InChI=1S/C28H33NO3S/c1-2-32-26(30)24-22-9-8-21(20-6-4-3-5-7-20)13-23(22)33-25(24)29-27(31)28-14-17-10-18(15-28)12-19(11-17)16-28/h3-7,17-19,21H,2,8-16H2,1H3,(H,29,31). The molecule has 1 N–H and O–H groups in total. The fourth-order valence-corrected chi connectivity index (χ4v) is 9.04. The van der Waals surface area contributed by atoms with Crippen molar-refractivity contribution in [3.8, 4) is 0 Å². The number of esters is 1. The highest BCUT2D eigenvalue weighted by atomic mass is 32.1. The minimum absolute atomic E-state index is 0.158. The number of nitrogens with one attached hydrogen (secondary N) is 1. The molecule has 174 valence electrons. The maximum absolute atomic E-state index is 13.7. The second-order valence-corrected chi connectivity index (χ2v) is 12.0. The van der Waals surface area contributed by atoms with E-state index < -0.39 is 0 Å². The quantitative estimate of drug-likeness (QED) is 0.526. The van der Waals surface area contributed by atoms with Crippen LogP contribution in [0.5, 0.6) is 0 Å². The number of ether oxygens (including phenoxy) is 1. The Kier molecular flexibility index (Phi) is 5.36. The summed E-state index contributed by atoms with van der Waals surface area (Å²) in [6.07, 6.45) is 9.82. The molecule has 1 aromatic heterocycles. The van der Waals surface area contributed by atoms with Crippen LogP contribution in [-0.2, 0) is 22.4 Å². The molecule has 5 heteroatoms. The van der Waals surface area contributed by atoms with E-state index in [1.165, 1.54) is 29.7 Å². The maximum Gasteiger partial charge on any atom is 0.341 e. The number of hydrogen-bond donors (Lipinski definition) is 1. The van der Waals surface area contributed by atoms with Crippen molar-refractivity contribution >= 4 is 28.2 Å². The summed E-state index contributed by atoms with van der Waals surface area (Å²) in [6, 6.07) is 10.7. The second kappa shape index (κ2) is 8.26. The molecule has 4 nitrogen and oxygen atoms in total. The van der Waals surface area contributed by atoms with Gasteiger partial charge < -0.3 is 10.1 Å². The molecule has 7 rings (SSSR count). The topological polar surface area (TPSA) is 55.4 Å². The van der Waals surface area contributed by atoms with Crippen molar-refractivity contribution in [1.82, 2.24) is 0 Å². The number of anilines is 1. The maximum atomic E-state index is 13.7. The zero-order valence-corrected chi connectivity index (χ0v) is 20.2. The van der Waals surface area contributed by atoms with Gasteiger partial charge in [0.05, 0.1) is 17.6 Å². The lowest BCUT2D eigenvalue weighted by atomic mass is 9.49. The molecule has 1 aromatic carbocycles. The van der Waals surface area contributed by atoms with Gasteiger partial charge in [0.15, 0.2) is 0 Å². The first kappa shape index (κ1) is 21.4. The lowest BCUT2D eigenvalue weighted by Gasteiger charge is -2.55. The van der Waals surface area contributed by atoms with Crippen LogP contribution in [0.1, 0.15) is 84.1 Å². The Balaban J connectivity index is 1.30. The van der Waals surface area contributed by atoms with Crippen LogP contribution in [0, 0.1) is 23.2 Å².